The molecule has 0 unspecified atom stereocenters. The Morgan fingerprint density at radius 2 is 2.10 bits per heavy atom. The molecule has 0 atom stereocenters. The van der Waals surface area contributed by atoms with Crippen LogP contribution in [-0.4, -0.2) is 32.4 Å². The Kier molecular flexibility index (Phi) is 4.47. The van der Waals surface area contributed by atoms with Crippen LogP contribution >= 0.6 is 0 Å². The largest absolute Gasteiger partial charge is 0.504 e. The summed E-state index contributed by atoms with van der Waals surface area (Å²) < 4.78 is 1.90. The first-order chi connectivity index (χ1) is 9.99. The van der Waals surface area contributed by atoms with Gasteiger partial charge in [-0.15, -0.1) is 0 Å². The van der Waals surface area contributed by atoms with Crippen molar-refractivity contribution in [1.29, 1.82) is 0 Å². The Balaban J connectivity index is 1.85. The first-order valence-electron chi connectivity index (χ1n) is 6.79. The van der Waals surface area contributed by atoms with E-state index in [4.69, 9.17) is 0 Å². The van der Waals surface area contributed by atoms with Gasteiger partial charge in [0, 0.05) is 18.8 Å². The van der Waals surface area contributed by atoms with E-state index in [-0.39, 0.29) is 11.3 Å². The summed E-state index contributed by atoms with van der Waals surface area (Å²) in [6, 6.07) is 6.31. The molecule has 0 fully saturated rings. The zero-order valence-corrected chi connectivity index (χ0v) is 12.1. The summed E-state index contributed by atoms with van der Waals surface area (Å²) in [6.45, 7) is 5.11. The second-order valence-corrected chi connectivity index (χ2v) is 4.93. The Bertz CT molecular complexity index is 650. The van der Waals surface area contributed by atoms with E-state index in [0.717, 1.165) is 17.8 Å². The number of aryl methyl sites for hydroxylation is 3. The molecular weight excluding hydrogens is 270 g/mol. The molecule has 0 aliphatic heterocycles. The summed E-state index contributed by atoms with van der Waals surface area (Å²) in [5, 5.41) is 26.0. The molecule has 0 bridgehead atoms. The van der Waals surface area contributed by atoms with E-state index in [1.165, 1.54) is 18.2 Å². The average Bonchev–Trinajstić information content (AvgIpc) is 2.76. The van der Waals surface area contributed by atoms with Gasteiger partial charge in [-0.3, -0.25) is 9.48 Å². The summed E-state index contributed by atoms with van der Waals surface area (Å²) in [5.74, 6) is -1.10. The third-order valence-corrected chi connectivity index (χ3v) is 3.19. The maximum absolute atomic E-state index is 11.9. The van der Waals surface area contributed by atoms with Crippen LogP contribution in [0.4, 0.5) is 0 Å². The van der Waals surface area contributed by atoms with E-state index in [1.54, 1.807) is 0 Å². The quantitative estimate of drug-likeness (QED) is 0.578. The van der Waals surface area contributed by atoms with Crippen LogP contribution in [0.15, 0.2) is 24.3 Å². The molecule has 6 heteroatoms. The summed E-state index contributed by atoms with van der Waals surface area (Å²) in [4.78, 5) is 11.9. The molecule has 0 radical (unpaired) electrons. The van der Waals surface area contributed by atoms with Crippen LogP contribution in [0.25, 0.3) is 0 Å². The number of nitrogens with zero attached hydrogens (tertiary/aromatic N) is 2. The molecule has 1 heterocycles. The molecule has 0 spiro atoms. The summed E-state index contributed by atoms with van der Waals surface area (Å²) in [7, 11) is 0. The van der Waals surface area contributed by atoms with Crippen molar-refractivity contribution in [1.82, 2.24) is 15.1 Å². The number of aromatic hydroxyl groups is 2. The number of aromatic nitrogens is 2. The second kappa shape index (κ2) is 6.30. The number of hydrogen-bond donors (Lipinski definition) is 3. The number of amides is 1. The maximum atomic E-state index is 11.9. The second-order valence-electron chi connectivity index (χ2n) is 4.93. The molecular formula is C15H19N3O3. The van der Waals surface area contributed by atoms with Crippen molar-refractivity contribution >= 4 is 5.91 Å². The molecule has 0 aliphatic rings. The number of rotatable bonds is 5. The molecule has 1 aromatic carbocycles. The van der Waals surface area contributed by atoms with Crippen LogP contribution in [0.2, 0.25) is 0 Å². The van der Waals surface area contributed by atoms with Crippen LogP contribution in [-0.2, 0) is 6.54 Å². The van der Waals surface area contributed by atoms with Gasteiger partial charge in [0.15, 0.2) is 11.5 Å². The normalized spacial score (nSPS) is 10.6. The van der Waals surface area contributed by atoms with E-state index >= 15 is 0 Å². The number of hydrogen-bond acceptors (Lipinski definition) is 4. The summed E-state index contributed by atoms with van der Waals surface area (Å²) >= 11 is 0. The van der Waals surface area contributed by atoms with Crippen molar-refractivity contribution < 1.29 is 15.0 Å². The lowest BCUT2D eigenvalue weighted by Gasteiger charge is -2.08. The maximum Gasteiger partial charge on any atom is 0.255 e. The minimum absolute atomic E-state index is 0.0705. The molecule has 112 valence electrons. The van der Waals surface area contributed by atoms with Gasteiger partial charge < -0.3 is 15.5 Å². The Morgan fingerprint density at radius 3 is 2.76 bits per heavy atom. The third kappa shape index (κ3) is 3.53. The minimum atomic E-state index is -0.406. The van der Waals surface area contributed by atoms with Gasteiger partial charge in [0.1, 0.15) is 0 Å². The van der Waals surface area contributed by atoms with Gasteiger partial charge in [-0.05, 0) is 38.5 Å². The average molecular weight is 289 g/mol. The number of carbonyl (C=O) groups is 1. The zero-order valence-electron chi connectivity index (χ0n) is 12.1. The molecule has 2 rings (SSSR count). The monoisotopic (exact) mass is 289 g/mol. The highest BCUT2D eigenvalue weighted by Crippen LogP contribution is 2.27. The van der Waals surface area contributed by atoms with E-state index < -0.39 is 11.7 Å². The van der Waals surface area contributed by atoms with E-state index in [0.29, 0.717) is 13.1 Å². The highest BCUT2D eigenvalue weighted by molar-refractivity contribution is 5.97. The van der Waals surface area contributed by atoms with Gasteiger partial charge in [0.2, 0.25) is 0 Å². The Labute approximate surface area is 123 Å². The molecule has 6 nitrogen and oxygen atoms in total. The molecule has 0 saturated heterocycles. The molecule has 2 aromatic rings. The van der Waals surface area contributed by atoms with Crippen LogP contribution in [0, 0.1) is 13.8 Å². The van der Waals surface area contributed by atoms with Gasteiger partial charge in [-0.25, -0.2) is 0 Å². The zero-order chi connectivity index (χ0) is 15.4. The molecule has 0 saturated carbocycles. The molecule has 1 amide bonds. The predicted octanol–water partition coefficient (Wildman–Crippen LogP) is 1.73. The van der Waals surface area contributed by atoms with E-state index in [2.05, 4.69) is 10.4 Å². The number of phenolic OH excluding ortho intramolecular Hbond substituents is 2. The Morgan fingerprint density at radius 1 is 1.33 bits per heavy atom. The van der Waals surface area contributed by atoms with Crippen molar-refractivity contribution in [3.8, 4) is 11.5 Å². The lowest BCUT2D eigenvalue weighted by Crippen LogP contribution is -2.25. The molecule has 3 N–H and O–H groups in total. The number of carbonyl (C=O) groups excluding carboxylic acids is 1. The minimum Gasteiger partial charge on any atom is -0.504 e. The number of nitrogens with one attached hydrogen (secondary N) is 1. The molecule has 21 heavy (non-hydrogen) atoms. The fraction of sp³-hybridized carbons (Fsp3) is 0.333. The van der Waals surface area contributed by atoms with Gasteiger partial charge in [-0.2, -0.15) is 5.10 Å². The first-order valence-corrected chi connectivity index (χ1v) is 6.79. The Hall–Kier alpha value is -2.50. The van der Waals surface area contributed by atoms with Crippen molar-refractivity contribution in [3.63, 3.8) is 0 Å². The first kappa shape index (κ1) is 14.9. The fourth-order valence-electron chi connectivity index (χ4n) is 2.14. The highest BCUT2D eigenvalue weighted by Gasteiger charge is 2.13. The summed E-state index contributed by atoms with van der Waals surface area (Å²) in [5.41, 5.74) is 2.13. The SMILES string of the molecule is Cc1cc(C)n(CCCNC(=O)c2cccc(O)c2O)n1. The van der Waals surface area contributed by atoms with E-state index in [1.807, 2.05) is 24.6 Å². The lowest BCUT2D eigenvalue weighted by atomic mass is 10.1. The van der Waals surface area contributed by atoms with Gasteiger partial charge >= 0.3 is 0 Å². The number of para-hydroxylation sites is 1. The molecule has 1 aromatic heterocycles. The number of phenols is 2. The van der Waals surface area contributed by atoms with E-state index in [9.17, 15) is 15.0 Å². The lowest BCUT2D eigenvalue weighted by molar-refractivity contribution is 0.0949. The smallest absolute Gasteiger partial charge is 0.255 e. The predicted molar refractivity (Wildman–Crippen MR) is 78.4 cm³/mol. The van der Waals surface area contributed by atoms with Crippen LogP contribution in [0.5, 0.6) is 11.5 Å². The van der Waals surface area contributed by atoms with Gasteiger partial charge in [-0.1, -0.05) is 6.07 Å². The van der Waals surface area contributed by atoms with Crippen LogP contribution in [0.1, 0.15) is 28.2 Å². The highest BCUT2D eigenvalue weighted by atomic mass is 16.3. The third-order valence-electron chi connectivity index (χ3n) is 3.19. The van der Waals surface area contributed by atoms with Crippen molar-refractivity contribution in [2.75, 3.05) is 6.54 Å². The van der Waals surface area contributed by atoms with Crippen molar-refractivity contribution in [3.05, 3.63) is 41.2 Å². The number of benzene rings is 1. The van der Waals surface area contributed by atoms with Crippen LogP contribution in [0.3, 0.4) is 0 Å². The van der Waals surface area contributed by atoms with Gasteiger partial charge in [0.25, 0.3) is 5.91 Å². The van der Waals surface area contributed by atoms with Crippen LogP contribution < -0.4 is 5.32 Å². The fourth-order valence-corrected chi connectivity index (χ4v) is 2.14. The van der Waals surface area contributed by atoms with Gasteiger partial charge in [0.05, 0.1) is 11.3 Å². The van der Waals surface area contributed by atoms with Crippen molar-refractivity contribution in [2.45, 2.75) is 26.8 Å². The standard InChI is InChI=1S/C15H19N3O3/c1-10-9-11(2)18(17-10)8-4-7-16-15(21)12-5-3-6-13(19)14(12)20/h3,5-6,9,19-20H,4,7-8H2,1-2H3,(H,16,21). The molecule has 0 aliphatic carbocycles. The van der Waals surface area contributed by atoms with Crippen molar-refractivity contribution in [2.24, 2.45) is 0 Å². The topological polar surface area (TPSA) is 87.4 Å². The summed E-state index contributed by atoms with van der Waals surface area (Å²) in [6.07, 6.45) is 0.729.